The molecule has 3 aromatic rings. The zero-order valence-corrected chi connectivity index (χ0v) is 19.4. The van der Waals surface area contributed by atoms with E-state index in [2.05, 4.69) is 0 Å². The van der Waals surface area contributed by atoms with Crippen LogP contribution >= 0.6 is 0 Å². The summed E-state index contributed by atoms with van der Waals surface area (Å²) < 4.78 is 5.54. The molecule has 4 rings (SSSR count). The van der Waals surface area contributed by atoms with Crippen LogP contribution < -0.4 is 14.5 Å². The Kier molecular flexibility index (Phi) is 6.31. The van der Waals surface area contributed by atoms with Crippen LogP contribution in [0.1, 0.15) is 23.6 Å². The number of para-hydroxylation sites is 2. The molecule has 0 spiro atoms. The summed E-state index contributed by atoms with van der Waals surface area (Å²) in [5, 5.41) is 0. The molecular weight excluding hydrogens is 412 g/mol. The first-order valence-electron chi connectivity index (χ1n) is 11.0. The number of carbonyl (C=O) groups is 2. The zero-order valence-electron chi connectivity index (χ0n) is 19.4. The highest BCUT2D eigenvalue weighted by atomic mass is 16.5. The predicted molar refractivity (Wildman–Crippen MR) is 133 cm³/mol. The molecule has 5 nitrogen and oxygen atoms in total. The summed E-state index contributed by atoms with van der Waals surface area (Å²) in [6.07, 6.45) is 1.96. The smallest absolute Gasteiger partial charge is 0.254 e. The van der Waals surface area contributed by atoms with Gasteiger partial charge in [-0.05, 0) is 61.2 Å². The van der Waals surface area contributed by atoms with Gasteiger partial charge in [0.15, 0.2) is 0 Å². The monoisotopic (exact) mass is 440 g/mol. The van der Waals surface area contributed by atoms with Crippen molar-refractivity contribution in [3.8, 4) is 5.75 Å². The third-order valence-electron chi connectivity index (χ3n) is 6.16. The summed E-state index contributed by atoms with van der Waals surface area (Å²) in [6, 6.07) is 22.2. The number of hydrogen-bond donors (Lipinski definition) is 0. The van der Waals surface area contributed by atoms with E-state index < -0.39 is 6.04 Å². The molecule has 1 aliphatic heterocycles. The van der Waals surface area contributed by atoms with Gasteiger partial charge in [0, 0.05) is 5.69 Å². The Morgan fingerprint density at radius 1 is 0.909 bits per heavy atom. The molecule has 0 aliphatic carbocycles. The molecule has 0 N–H and O–H groups in total. The summed E-state index contributed by atoms with van der Waals surface area (Å²) in [7, 11) is 1.57. The van der Waals surface area contributed by atoms with Gasteiger partial charge in [-0.3, -0.25) is 14.5 Å². The van der Waals surface area contributed by atoms with Crippen LogP contribution in [0.3, 0.4) is 0 Å². The van der Waals surface area contributed by atoms with Crippen LogP contribution in [0.2, 0.25) is 0 Å². The van der Waals surface area contributed by atoms with E-state index in [1.165, 1.54) is 0 Å². The molecule has 1 atom stereocenters. The fourth-order valence-electron chi connectivity index (χ4n) is 4.32. The zero-order chi connectivity index (χ0) is 23.5. The number of piperazine rings is 1. The van der Waals surface area contributed by atoms with E-state index in [-0.39, 0.29) is 18.4 Å². The molecule has 2 amide bonds. The maximum atomic E-state index is 14.0. The van der Waals surface area contributed by atoms with Gasteiger partial charge in [0.1, 0.15) is 18.3 Å². The largest absolute Gasteiger partial charge is 0.495 e. The topological polar surface area (TPSA) is 49.9 Å². The van der Waals surface area contributed by atoms with Gasteiger partial charge < -0.3 is 9.64 Å². The number of hydrogen-bond acceptors (Lipinski definition) is 3. The first-order valence-corrected chi connectivity index (χ1v) is 11.0. The number of amides is 2. The Morgan fingerprint density at radius 2 is 1.58 bits per heavy atom. The van der Waals surface area contributed by atoms with E-state index in [9.17, 15) is 9.59 Å². The van der Waals surface area contributed by atoms with Crippen LogP contribution in [0, 0.1) is 13.8 Å². The highest BCUT2D eigenvalue weighted by Crippen LogP contribution is 2.36. The van der Waals surface area contributed by atoms with Gasteiger partial charge in [0.05, 0.1) is 12.8 Å². The minimum absolute atomic E-state index is 0.0315. The van der Waals surface area contributed by atoms with Crippen molar-refractivity contribution >= 4 is 29.3 Å². The van der Waals surface area contributed by atoms with E-state index in [0.29, 0.717) is 11.4 Å². The van der Waals surface area contributed by atoms with E-state index in [4.69, 9.17) is 4.74 Å². The van der Waals surface area contributed by atoms with Crippen molar-refractivity contribution in [3.63, 3.8) is 0 Å². The number of anilines is 2. The summed E-state index contributed by atoms with van der Waals surface area (Å²) >= 11 is 0. The lowest BCUT2D eigenvalue weighted by Crippen LogP contribution is -2.61. The fourth-order valence-corrected chi connectivity index (χ4v) is 4.32. The molecule has 3 aromatic carbocycles. The van der Waals surface area contributed by atoms with Crippen molar-refractivity contribution in [1.29, 1.82) is 0 Å². The van der Waals surface area contributed by atoms with E-state index >= 15 is 0 Å². The highest BCUT2D eigenvalue weighted by molar-refractivity contribution is 6.16. The maximum absolute atomic E-state index is 14.0. The average molecular weight is 441 g/mol. The maximum Gasteiger partial charge on any atom is 0.254 e. The van der Waals surface area contributed by atoms with Crippen LogP contribution in [-0.2, 0) is 9.59 Å². The van der Waals surface area contributed by atoms with Crippen LogP contribution in [0.15, 0.2) is 78.4 Å². The molecule has 1 fully saturated rings. The van der Waals surface area contributed by atoms with Crippen molar-refractivity contribution in [2.75, 3.05) is 23.5 Å². The predicted octanol–water partition coefficient (Wildman–Crippen LogP) is 5.16. The van der Waals surface area contributed by atoms with Crippen molar-refractivity contribution < 1.29 is 14.3 Å². The van der Waals surface area contributed by atoms with Crippen molar-refractivity contribution in [2.45, 2.75) is 26.8 Å². The Hall–Kier alpha value is -3.86. The number of methoxy groups -OCH3 is 1. The van der Waals surface area contributed by atoms with E-state index in [1.54, 1.807) is 23.0 Å². The first kappa shape index (κ1) is 22.3. The molecule has 1 aliphatic rings. The number of rotatable bonds is 5. The SMILES string of the molecule is COc1ccccc1N1C(=O)CN(c2cccc(C)c2C)C(=O)[C@H]1/C(C)=C/c1ccccc1. The Morgan fingerprint density at radius 3 is 2.30 bits per heavy atom. The minimum atomic E-state index is -0.789. The molecule has 5 heteroatoms. The van der Waals surface area contributed by atoms with Crippen LogP contribution in [-0.4, -0.2) is 31.5 Å². The lowest BCUT2D eigenvalue weighted by molar-refractivity contribution is -0.127. The summed E-state index contributed by atoms with van der Waals surface area (Å²) in [6.45, 7) is 5.86. The first-order chi connectivity index (χ1) is 15.9. The van der Waals surface area contributed by atoms with Crippen LogP contribution in [0.25, 0.3) is 6.08 Å². The van der Waals surface area contributed by atoms with Gasteiger partial charge in [-0.25, -0.2) is 0 Å². The second-order valence-corrected chi connectivity index (χ2v) is 8.28. The number of benzene rings is 3. The lowest BCUT2D eigenvalue weighted by Gasteiger charge is -2.41. The second-order valence-electron chi connectivity index (χ2n) is 8.28. The van der Waals surface area contributed by atoms with Gasteiger partial charge in [0.25, 0.3) is 5.91 Å². The third kappa shape index (κ3) is 4.27. The molecule has 0 unspecified atom stereocenters. The summed E-state index contributed by atoms with van der Waals surface area (Å²) in [5.74, 6) is 0.251. The third-order valence-corrected chi connectivity index (χ3v) is 6.16. The summed E-state index contributed by atoms with van der Waals surface area (Å²) in [4.78, 5) is 30.8. The Balaban J connectivity index is 1.85. The fraction of sp³-hybridized carbons (Fsp3) is 0.214. The Labute approximate surface area is 194 Å². The van der Waals surface area contributed by atoms with Gasteiger partial charge in [0.2, 0.25) is 5.91 Å². The molecule has 0 radical (unpaired) electrons. The molecule has 168 valence electrons. The molecule has 0 saturated carbocycles. The standard InChI is InChI=1S/C28H28N2O3/c1-19-11-10-15-23(21(19)3)29-18-26(31)30(24-14-8-9-16-25(24)33-4)27(28(29)32)20(2)17-22-12-6-5-7-13-22/h5-17,27H,18H2,1-4H3/b20-17+/t27-/m1/s1. The minimum Gasteiger partial charge on any atom is -0.495 e. The number of nitrogens with zero attached hydrogens (tertiary/aromatic N) is 2. The van der Waals surface area contributed by atoms with Crippen LogP contribution in [0.5, 0.6) is 5.75 Å². The number of aryl methyl sites for hydroxylation is 1. The van der Waals surface area contributed by atoms with Crippen molar-refractivity contribution in [3.05, 3.63) is 95.1 Å². The van der Waals surface area contributed by atoms with Crippen molar-refractivity contribution in [1.82, 2.24) is 0 Å². The van der Waals surface area contributed by atoms with E-state index in [1.807, 2.05) is 93.6 Å². The quantitative estimate of drug-likeness (QED) is 0.550. The van der Waals surface area contributed by atoms with Gasteiger partial charge in [-0.15, -0.1) is 0 Å². The molecule has 33 heavy (non-hydrogen) atoms. The molecule has 0 aromatic heterocycles. The number of ether oxygens (including phenoxy) is 1. The molecule has 1 saturated heterocycles. The van der Waals surface area contributed by atoms with Crippen LogP contribution in [0.4, 0.5) is 11.4 Å². The molecular formula is C28H28N2O3. The highest BCUT2D eigenvalue weighted by Gasteiger charge is 2.43. The Bertz CT molecular complexity index is 1220. The van der Waals surface area contributed by atoms with E-state index in [0.717, 1.165) is 28.0 Å². The summed E-state index contributed by atoms with van der Waals surface area (Å²) in [5.41, 5.74) is 5.18. The normalized spacial score (nSPS) is 16.8. The average Bonchev–Trinajstić information content (AvgIpc) is 2.82. The van der Waals surface area contributed by atoms with Gasteiger partial charge in [-0.2, -0.15) is 0 Å². The molecule has 1 heterocycles. The van der Waals surface area contributed by atoms with Gasteiger partial charge in [-0.1, -0.05) is 60.7 Å². The number of carbonyl (C=O) groups excluding carboxylic acids is 2. The lowest BCUT2D eigenvalue weighted by atomic mass is 9.97. The van der Waals surface area contributed by atoms with Crippen molar-refractivity contribution in [2.24, 2.45) is 0 Å². The molecule has 0 bridgehead atoms. The van der Waals surface area contributed by atoms with Gasteiger partial charge >= 0.3 is 0 Å². The second kappa shape index (κ2) is 9.33.